The van der Waals surface area contributed by atoms with E-state index in [-0.39, 0.29) is 5.92 Å². The third-order valence-electron chi connectivity index (χ3n) is 2.76. The van der Waals surface area contributed by atoms with E-state index in [4.69, 9.17) is 9.52 Å². The number of hydrogen-bond acceptors (Lipinski definition) is 4. The smallest absolute Gasteiger partial charge is 0.307 e. The molecule has 0 aliphatic heterocycles. The third-order valence-corrected chi connectivity index (χ3v) is 2.76. The Morgan fingerprint density at radius 2 is 2.33 bits per heavy atom. The number of carbonyl (C=O) groups is 1. The standard InChI is InChI=1S/C13H16N2O3/c1-8(13(16)17)6-14-7-10-3-4-12-11(5-10)15-9(2)18-12/h3-5,8,14H,6-7H2,1-2H3,(H,16,17). The van der Waals surface area contributed by atoms with Crippen molar-refractivity contribution in [2.75, 3.05) is 6.54 Å². The molecule has 1 heterocycles. The van der Waals surface area contributed by atoms with Gasteiger partial charge in [-0.1, -0.05) is 13.0 Å². The van der Waals surface area contributed by atoms with Crippen LogP contribution in [0.5, 0.6) is 0 Å². The normalized spacial score (nSPS) is 12.8. The summed E-state index contributed by atoms with van der Waals surface area (Å²) in [5.41, 5.74) is 2.67. The number of oxazole rings is 1. The second-order valence-corrected chi connectivity index (χ2v) is 4.41. The number of rotatable bonds is 5. The highest BCUT2D eigenvalue weighted by atomic mass is 16.4. The molecule has 0 aliphatic carbocycles. The summed E-state index contributed by atoms with van der Waals surface area (Å²) in [6, 6.07) is 5.78. The summed E-state index contributed by atoms with van der Waals surface area (Å²) in [4.78, 5) is 14.9. The summed E-state index contributed by atoms with van der Waals surface area (Å²) >= 11 is 0. The topological polar surface area (TPSA) is 75.4 Å². The van der Waals surface area contributed by atoms with Crippen molar-refractivity contribution in [3.8, 4) is 0 Å². The van der Waals surface area contributed by atoms with Gasteiger partial charge in [0.15, 0.2) is 11.5 Å². The maximum Gasteiger partial charge on any atom is 0.307 e. The Labute approximate surface area is 105 Å². The molecule has 2 aromatic rings. The lowest BCUT2D eigenvalue weighted by molar-refractivity contribution is -0.140. The number of carboxylic acid groups (broad SMARTS) is 1. The molecule has 0 saturated heterocycles. The maximum absolute atomic E-state index is 10.7. The number of fused-ring (bicyclic) bond motifs is 1. The van der Waals surface area contributed by atoms with Gasteiger partial charge < -0.3 is 14.8 Å². The molecule has 96 valence electrons. The first kappa shape index (κ1) is 12.6. The van der Waals surface area contributed by atoms with Crippen LogP contribution >= 0.6 is 0 Å². The minimum absolute atomic E-state index is 0.386. The molecule has 0 aliphatic rings. The molecular formula is C13H16N2O3. The molecule has 1 atom stereocenters. The maximum atomic E-state index is 10.7. The highest BCUT2D eigenvalue weighted by Crippen LogP contribution is 2.16. The quantitative estimate of drug-likeness (QED) is 0.845. The lowest BCUT2D eigenvalue weighted by atomic mass is 10.1. The number of hydrogen-bond donors (Lipinski definition) is 2. The molecule has 1 unspecified atom stereocenters. The Balaban J connectivity index is 1.97. The zero-order chi connectivity index (χ0) is 13.1. The Morgan fingerprint density at radius 3 is 3.06 bits per heavy atom. The highest BCUT2D eigenvalue weighted by molar-refractivity contribution is 5.73. The first-order valence-corrected chi connectivity index (χ1v) is 5.86. The second-order valence-electron chi connectivity index (χ2n) is 4.41. The lowest BCUT2D eigenvalue weighted by Crippen LogP contribution is -2.25. The van der Waals surface area contributed by atoms with E-state index in [2.05, 4.69) is 10.3 Å². The van der Waals surface area contributed by atoms with E-state index in [0.29, 0.717) is 19.0 Å². The van der Waals surface area contributed by atoms with Crippen LogP contribution in [0.15, 0.2) is 22.6 Å². The summed E-state index contributed by atoms with van der Waals surface area (Å²) < 4.78 is 5.39. The largest absolute Gasteiger partial charge is 0.481 e. The van der Waals surface area contributed by atoms with E-state index in [1.165, 1.54) is 0 Å². The zero-order valence-corrected chi connectivity index (χ0v) is 10.4. The van der Waals surface area contributed by atoms with Crippen LogP contribution in [0.2, 0.25) is 0 Å². The molecule has 1 aromatic carbocycles. The zero-order valence-electron chi connectivity index (χ0n) is 10.4. The van der Waals surface area contributed by atoms with Crippen LogP contribution in [0.3, 0.4) is 0 Å². The first-order valence-electron chi connectivity index (χ1n) is 5.86. The number of aryl methyl sites for hydroxylation is 1. The molecule has 0 saturated carbocycles. The molecule has 18 heavy (non-hydrogen) atoms. The molecule has 0 fully saturated rings. The van der Waals surface area contributed by atoms with Gasteiger partial charge in [0.05, 0.1) is 5.92 Å². The molecule has 5 heteroatoms. The van der Waals surface area contributed by atoms with Crippen molar-refractivity contribution in [2.45, 2.75) is 20.4 Å². The fourth-order valence-electron chi connectivity index (χ4n) is 1.72. The van der Waals surface area contributed by atoms with Gasteiger partial charge in [-0.15, -0.1) is 0 Å². The number of carboxylic acids is 1. The van der Waals surface area contributed by atoms with Crippen molar-refractivity contribution in [1.82, 2.24) is 10.3 Å². The lowest BCUT2D eigenvalue weighted by Gasteiger charge is -2.07. The van der Waals surface area contributed by atoms with E-state index in [1.807, 2.05) is 25.1 Å². The first-order chi connectivity index (χ1) is 8.56. The summed E-state index contributed by atoms with van der Waals surface area (Å²) in [6.45, 7) is 4.57. The Morgan fingerprint density at radius 1 is 1.56 bits per heavy atom. The van der Waals surface area contributed by atoms with Gasteiger partial charge in [0.1, 0.15) is 5.52 Å². The molecule has 0 radical (unpaired) electrons. The molecule has 2 rings (SSSR count). The highest BCUT2D eigenvalue weighted by Gasteiger charge is 2.09. The molecule has 0 amide bonds. The van der Waals surface area contributed by atoms with Gasteiger partial charge in [0, 0.05) is 20.0 Å². The van der Waals surface area contributed by atoms with E-state index < -0.39 is 5.97 Å². The Kier molecular flexibility index (Phi) is 3.62. The SMILES string of the molecule is Cc1nc2cc(CNCC(C)C(=O)O)ccc2o1. The van der Waals surface area contributed by atoms with E-state index in [0.717, 1.165) is 16.7 Å². The number of aliphatic carboxylic acids is 1. The van der Waals surface area contributed by atoms with Crippen LogP contribution in [0.4, 0.5) is 0 Å². The van der Waals surface area contributed by atoms with Crippen molar-refractivity contribution in [1.29, 1.82) is 0 Å². The van der Waals surface area contributed by atoms with Gasteiger partial charge in [-0.3, -0.25) is 4.79 Å². The van der Waals surface area contributed by atoms with Crippen LogP contribution < -0.4 is 5.32 Å². The minimum atomic E-state index is -0.787. The molecule has 1 aromatic heterocycles. The van der Waals surface area contributed by atoms with Crippen LogP contribution in [0.25, 0.3) is 11.1 Å². The van der Waals surface area contributed by atoms with Crippen LogP contribution in [-0.4, -0.2) is 22.6 Å². The van der Waals surface area contributed by atoms with Crippen molar-refractivity contribution in [3.63, 3.8) is 0 Å². The van der Waals surface area contributed by atoms with Crippen molar-refractivity contribution in [3.05, 3.63) is 29.7 Å². The van der Waals surface area contributed by atoms with Crippen molar-refractivity contribution >= 4 is 17.1 Å². The molecule has 0 bridgehead atoms. The summed E-state index contributed by atoms with van der Waals surface area (Å²) in [5, 5.41) is 11.9. The summed E-state index contributed by atoms with van der Waals surface area (Å²) in [5.74, 6) is -0.525. The molecule has 0 spiro atoms. The minimum Gasteiger partial charge on any atom is -0.481 e. The fourth-order valence-corrected chi connectivity index (χ4v) is 1.72. The van der Waals surface area contributed by atoms with Gasteiger partial charge in [0.25, 0.3) is 0 Å². The monoisotopic (exact) mass is 248 g/mol. The van der Waals surface area contributed by atoms with Crippen LogP contribution in [0, 0.1) is 12.8 Å². The average Bonchev–Trinajstić information content (AvgIpc) is 2.68. The van der Waals surface area contributed by atoms with Gasteiger partial charge >= 0.3 is 5.97 Å². The van der Waals surface area contributed by atoms with Gasteiger partial charge in [0.2, 0.25) is 0 Å². The van der Waals surface area contributed by atoms with E-state index >= 15 is 0 Å². The van der Waals surface area contributed by atoms with Crippen molar-refractivity contribution in [2.24, 2.45) is 5.92 Å². The Hall–Kier alpha value is -1.88. The number of aromatic nitrogens is 1. The average molecular weight is 248 g/mol. The third kappa shape index (κ3) is 2.87. The fraction of sp³-hybridized carbons (Fsp3) is 0.385. The predicted octanol–water partition coefficient (Wildman–Crippen LogP) is 1.95. The molecule has 5 nitrogen and oxygen atoms in total. The van der Waals surface area contributed by atoms with Gasteiger partial charge in [-0.2, -0.15) is 0 Å². The number of nitrogens with one attached hydrogen (secondary N) is 1. The van der Waals surface area contributed by atoms with Gasteiger partial charge in [-0.25, -0.2) is 4.98 Å². The predicted molar refractivity (Wildman–Crippen MR) is 67.3 cm³/mol. The van der Waals surface area contributed by atoms with E-state index in [9.17, 15) is 4.79 Å². The van der Waals surface area contributed by atoms with Crippen LogP contribution in [0.1, 0.15) is 18.4 Å². The molecule has 2 N–H and O–H groups in total. The van der Waals surface area contributed by atoms with E-state index in [1.54, 1.807) is 6.92 Å². The van der Waals surface area contributed by atoms with Crippen LogP contribution in [-0.2, 0) is 11.3 Å². The number of benzene rings is 1. The molecular weight excluding hydrogens is 232 g/mol. The Bertz CT molecular complexity index is 562. The summed E-state index contributed by atoms with van der Waals surface area (Å²) in [7, 11) is 0. The number of nitrogens with zero attached hydrogens (tertiary/aromatic N) is 1. The van der Waals surface area contributed by atoms with Gasteiger partial charge in [-0.05, 0) is 17.7 Å². The second kappa shape index (κ2) is 5.18. The van der Waals surface area contributed by atoms with Crippen molar-refractivity contribution < 1.29 is 14.3 Å². The summed E-state index contributed by atoms with van der Waals surface area (Å²) in [6.07, 6.45) is 0.